The van der Waals surface area contributed by atoms with Crippen molar-refractivity contribution in [2.45, 2.75) is 18.7 Å². The number of amides is 1. The summed E-state index contributed by atoms with van der Waals surface area (Å²) >= 11 is 3.24. The minimum atomic E-state index is -3.91. The minimum Gasteiger partial charge on any atom is -0.451 e. The highest BCUT2D eigenvalue weighted by Gasteiger charge is 2.21. The van der Waals surface area contributed by atoms with Crippen LogP contribution in [0.25, 0.3) is 11.0 Å². The van der Waals surface area contributed by atoms with Crippen LogP contribution in [0, 0.1) is 13.8 Å². The molecule has 0 aliphatic rings. The Labute approximate surface area is 153 Å². The third-order valence-electron chi connectivity index (χ3n) is 3.79. The van der Waals surface area contributed by atoms with E-state index in [1.807, 2.05) is 12.1 Å². The third-order valence-corrected chi connectivity index (χ3v) is 5.67. The molecule has 0 unspecified atom stereocenters. The van der Waals surface area contributed by atoms with Crippen LogP contribution >= 0.6 is 15.9 Å². The number of sulfonamides is 1. The number of hydrogen-bond acceptors (Lipinski definition) is 4. The quantitative estimate of drug-likeness (QED) is 0.630. The SMILES string of the molecule is Cc1ccc(Br)cc1S(=O)(=O)NNC(=O)c1oc2ccccc2c1C. The van der Waals surface area contributed by atoms with Gasteiger partial charge in [0.2, 0.25) is 0 Å². The van der Waals surface area contributed by atoms with E-state index in [1.165, 1.54) is 6.07 Å². The maximum Gasteiger partial charge on any atom is 0.302 e. The monoisotopic (exact) mass is 422 g/mol. The lowest BCUT2D eigenvalue weighted by atomic mass is 10.1. The van der Waals surface area contributed by atoms with Gasteiger partial charge in [0.05, 0.1) is 4.90 Å². The zero-order valence-corrected chi connectivity index (χ0v) is 15.9. The number of aryl methyl sites for hydroxylation is 2. The molecular weight excluding hydrogens is 408 g/mol. The molecule has 25 heavy (non-hydrogen) atoms. The van der Waals surface area contributed by atoms with Crippen molar-refractivity contribution >= 4 is 42.8 Å². The van der Waals surface area contributed by atoms with Crippen LogP contribution in [0.4, 0.5) is 0 Å². The molecule has 1 heterocycles. The number of benzene rings is 2. The van der Waals surface area contributed by atoms with E-state index in [2.05, 4.69) is 26.2 Å². The highest BCUT2D eigenvalue weighted by molar-refractivity contribution is 9.10. The normalized spacial score (nSPS) is 11.6. The van der Waals surface area contributed by atoms with Crippen LogP contribution in [0.15, 0.2) is 56.2 Å². The lowest BCUT2D eigenvalue weighted by Crippen LogP contribution is -2.41. The summed E-state index contributed by atoms with van der Waals surface area (Å²) in [6, 6.07) is 12.1. The maximum absolute atomic E-state index is 12.4. The van der Waals surface area contributed by atoms with Crippen molar-refractivity contribution in [1.29, 1.82) is 0 Å². The highest BCUT2D eigenvalue weighted by Crippen LogP contribution is 2.25. The van der Waals surface area contributed by atoms with Gasteiger partial charge in [0, 0.05) is 15.4 Å². The summed E-state index contributed by atoms with van der Waals surface area (Å²) < 4.78 is 31.0. The van der Waals surface area contributed by atoms with Crippen LogP contribution in [0.3, 0.4) is 0 Å². The Hall–Kier alpha value is -2.16. The van der Waals surface area contributed by atoms with Crippen LogP contribution in [-0.2, 0) is 10.0 Å². The first kappa shape index (κ1) is 17.7. The van der Waals surface area contributed by atoms with Gasteiger partial charge >= 0.3 is 5.91 Å². The molecule has 0 fully saturated rings. The smallest absolute Gasteiger partial charge is 0.302 e. The number of halogens is 1. The molecule has 8 heteroatoms. The average molecular weight is 423 g/mol. The van der Waals surface area contributed by atoms with Gasteiger partial charge in [-0.05, 0) is 37.6 Å². The summed E-state index contributed by atoms with van der Waals surface area (Å²) in [5.74, 6) is -0.597. The molecule has 0 saturated carbocycles. The molecule has 2 N–H and O–H groups in total. The predicted octanol–water partition coefficient (Wildman–Crippen LogP) is 3.44. The molecule has 3 aromatic rings. The van der Waals surface area contributed by atoms with E-state index in [0.717, 1.165) is 5.39 Å². The zero-order chi connectivity index (χ0) is 18.2. The second-order valence-electron chi connectivity index (χ2n) is 5.52. The van der Waals surface area contributed by atoms with E-state index in [0.29, 0.717) is 21.2 Å². The molecule has 3 rings (SSSR count). The number of hydrazine groups is 1. The molecule has 0 atom stereocenters. The van der Waals surface area contributed by atoms with Crippen molar-refractivity contribution in [2.75, 3.05) is 0 Å². The van der Waals surface area contributed by atoms with Crippen LogP contribution in [0.1, 0.15) is 21.7 Å². The second-order valence-corrected chi connectivity index (χ2v) is 8.09. The number of fused-ring (bicyclic) bond motifs is 1. The fourth-order valence-electron chi connectivity index (χ4n) is 2.48. The molecule has 0 saturated heterocycles. The third kappa shape index (κ3) is 3.46. The molecule has 6 nitrogen and oxygen atoms in total. The molecule has 2 aromatic carbocycles. The molecule has 1 amide bonds. The van der Waals surface area contributed by atoms with Gasteiger partial charge in [0.15, 0.2) is 5.76 Å². The van der Waals surface area contributed by atoms with E-state index in [9.17, 15) is 13.2 Å². The minimum absolute atomic E-state index is 0.0647. The average Bonchev–Trinajstić information content (AvgIpc) is 2.92. The van der Waals surface area contributed by atoms with Gasteiger partial charge in [-0.2, -0.15) is 0 Å². The standard InChI is InChI=1S/C17H15BrN2O4S/c1-10-7-8-12(18)9-15(10)25(22,23)20-19-17(21)16-11(2)13-5-3-4-6-14(13)24-16/h3-9,20H,1-2H3,(H,19,21). The van der Waals surface area contributed by atoms with Crippen molar-refractivity contribution in [3.8, 4) is 0 Å². The lowest BCUT2D eigenvalue weighted by molar-refractivity contribution is 0.0918. The molecule has 0 radical (unpaired) electrons. The van der Waals surface area contributed by atoms with Gasteiger partial charge in [-0.1, -0.05) is 40.2 Å². The van der Waals surface area contributed by atoms with Gasteiger partial charge in [-0.25, -0.2) is 8.42 Å². The number of hydrogen-bond donors (Lipinski definition) is 2. The van der Waals surface area contributed by atoms with Gasteiger partial charge in [0.1, 0.15) is 5.58 Å². The Morgan fingerprint density at radius 1 is 1.12 bits per heavy atom. The molecule has 0 aliphatic carbocycles. The van der Waals surface area contributed by atoms with Crippen molar-refractivity contribution in [2.24, 2.45) is 0 Å². The van der Waals surface area contributed by atoms with Crippen LogP contribution in [0.5, 0.6) is 0 Å². The predicted molar refractivity (Wildman–Crippen MR) is 97.6 cm³/mol. The van der Waals surface area contributed by atoms with Crippen LogP contribution in [-0.4, -0.2) is 14.3 Å². The number of carbonyl (C=O) groups is 1. The van der Waals surface area contributed by atoms with Gasteiger partial charge < -0.3 is 4.42 Å². The Morgan fingerprint density at radius 3 is 2.56 bits per heavy atom. The van der Waals surface area contributed by atoms with Crippen LogP contribution < -0.4 is 10.3 Å². The fourth-order valence-corrected chi connectivity index (χ4v) is 4.10. The van der Waals surface area contributed by atoms with Crippen molar-refractivity contribution in [3.63, 3.8) is 0 Å². The Morgan fingerprint density at radius 2 is 1.84 bits per heavy atom. The summed E-state index contributed by atoms with van der Waals surface area (Å²) in [6.07, 6.45) is 0. The van der Waals surface area contributed by atoms with Crippen molar-refractivity contribution < 1.29 is 17.6 Å². The number of nitrogens with one attached hydrogen (secondary N) is 2. The second kappa shape index (κ2) is 6.62. The molecule has 0 aliphatic heterocycles. The van der Waals surface area contributed by atoms with Crippen molar-refractivity contribution in [1.82, 2.24) is 10.3 Å². The zero-order valence-electron chi connectivity index (χ0n) is 13.5. The first-order valence-electron chi connectivity index (χ1n) is 7.36. The van der Waals surface area contributed by atoms with Gasteiger partial charge in [-0.3, -0.25) is 10.2 Å². The molecule has 1 aromatic heterocycles. The number of furan rings is 1. The van der Waals surface area contributed by atoms with Gasteiger partial charge in [-0.15, -0.1) is 4.83 Å². The van der Waals surface area contributed by atoms with Gasteiger partial charge in [0.25, 0.3) is 10.0 Å². The van der Waals surface area contributed by atoms with E-state index >= 15 is 0 Å². The van der Waals surface area contributed by atoms with E-state index in [-0.39, 0.29) is 10.7 Å². The molecule has 130 valence electrons. The fraction of sp³-hybridized carbons (Fsp3) is 0.118. The lowest BCUT2D eigenvalue weighted by Gasteiger charge is -2.10. The van der Waals surface area contributed by atoms with E-state index < -0.39 is 15.9 Å². The Balaban J connectivity index is 1.83. The summed E-state index contributed by atoms with van der Waals surface area (Å²) in [7, 11) is -3.91. The first-order valence-corrected chi connectivity index (χ1v) is 9.63. The largest absolute Gasteiger partial charge is 0.451 e. The molecular formula is C17H15BrN2O4S. The molecule has 0 bridgehead atoms. The number of para-hydroxylation sites is 1. The first-order chi connectivity index (χ1) is 11.8. The highest BCUT2D eigenvalue weighted by atomic mass is 79.9. The van der Waals surface area contributed by atoms with Crippen molar-refractivity contribution in [3.05, 3.63) is 63.8 Å². The van der Waals surface area contributed by atoms with Crippen LogP contribution in [0.2, 0.25) is 0 Å². The topological polar surface area (TPSA) is 88.4 Å². The molecule has 0 spiro atoms. The van der Waals surface area contributed by atoms with E-state index in [4.69, 9.17) is 4.42 Å². The summed E-state index contributed by atoms with van der Waals surface area (Å²) in [4.78, 5) is 14.5. The van der Waals surface area contributed by atoms with E-state index in [1.54, 1.807) is 38.1 Å². The Bertz CT molecular complexity index is 1070. The Kier molecular flexibility index (Phi) is 4.68. The summed E-state index contributed by atoms with van der Waals surface area (Å²) in [5.41, 5.74) is 3.97. The number of rotatable bonds is 4. The summed E-state index contributed by atoms with van der Waals surface area (Å²) in [6.45, 7) is 3.42. The number of carbonyl (C=O) groups excluding carboxylic acids is 1. The maximum atomic E-state index is 12.4. The summed E-state index contributed by atoms with van der Waals surface area (Å²) in [5, 5.41) is 0.804.